The second kappa shape index (κ2) is 14.6. The lowest BCUT2D eigenvalue weighted by molar-refractivity contribution is -0.271. The first-order valence-corrected chi connectivity index (χ1v) is 17.0. The van der Waals surface area contributed by atoms with Crippen molar-refractivity contribution in [2.24, 2.45) is 10.2 Å². The molecule has 2 N–H and O–H groups in total. The summed E-state index contributed by atoms with van der Waals surface area (Å²) in [6.45, 7) is 4.37. The average Bonchev–Trinajstić information content (AvgIpc) is 3.04. The van der Waals surface area contributed by atoms with E-state index in [1.807, 2.05) is 13.8 Å². The summed E-state index contributed by atoms with van der Waals surface area (Å²) >= 11 is 0. The molecule has 1 fully saturated rings. The molecular formula is C32H32N4O8S2. The van der Waals surface area contributed by atoms with Gasteiger partial charge in [0, 0.05) is 0 Å². The van der Waals surface area contributed by atoms with E-state index in [-0.39, 0.29) is 9.79 Å². The van der Waals surface area contributed by atoms with Gasteiger partial charge in [-0.2, -0.15) is 27.0 Å². The predicted octanol–water partition coefficient (Wildman–Crippen LogP) is 4.09. The molecule has 0 amide bonds. The van der Waals surface area contributed by atoms with Crippen molar-refractivity contribution >= 4 is 32.5 Å². The number of benzene rings is 4. The minimum atomic E-state index is -3.78. The van der Waals surface area contributed by atoms with E-state index in [1.54, 1.807) is 72.8 Å². The molecule has 1 saturated heterocycles. The van der Waals surface area contributed by atoms with Gasteiger partial charge in [0.25, 0.3) is 32.6 Å². The van der Waals surface area contributed by atoms with Crippen molar-refractivity contribution in [1.29, 1.82) is 0 Å². The molecule has 0 aliphatic carbocycles. The van der Waals surface area contributed by atoms with Crippen LogP contribution in [-0.4, -0.2) is 55.1 Å². The van der Waals surface area contributed by atoms with Crippen molar-refractivity contribution in [3.63, 3.8) is 0 Å². The van der Waals surface area contributed by atoms with E-state index in [0.29, 0.717) is 35.8 Å². The van der Waals surface area contributed by atoms with Gasteiger partial charge in [0.1, 0.15) is 11.5 Å². The van der Waals surface area contributed by atoms with E-state index in [4.69, 9.17) is 18.9 Å². The predicted molar refractivity (Wildman–Crippen MR) is 172 cm³/mol. The first-order chi connectivity index (χ1) is 22.1. The average molecular weight is 665 g/mol. The Labute approximate surface area is 267 Å². The van der Waals surface area contributed by atoms with E-state index in [0.717, 1.165) is 11.1 Å². The number of aryl methyl sites for hydroxylation is 2. The van der Waals surface area contributed by atoms with Crippen LogP contribution in [0.1, 0.15) is 22.3 Å². The molecule has 1 aliphatic rings. The molecule has 46 heavy (non-hydrogen) atoms. The lowest BCUT2D eigenvalue weighted by atomic mass is 10.2. The normalized spacial score (nSPS) is 17.2. The zero-order valence-electron chi connectivity index (χ0n) is 24.9. The standard InChI is InChI=1S/C32H32N4O8S2/c1-23-3-15-29(16-4-23)45(37,38)35-33-21-25-7-11-27(12-8-25)43-31-32(42-20-19-41-31)44-28-13-9-26(10-14-28)22-34-36-46(39,40)30-17-5-24(2)6-18-30/h3-18,21-22,31-32,35-36H,19-20H2,1-2H3/b33-21-,34-22-/t31-,32+. The highest BCUT2D eigenvalue weighted by molar-refractivity contribution is 7.89. The fourth-order valence-corrected chi connectivity index (χ4v) is 5.66. The summed E-state index contributed by atoms with van der Waals surface area (Å²) in [5, 5.41) is 7.72. The molecule has 12 nitrogen and oxygen atoms in total. The Balaban J connectivity index is 1.13. The van der Waals surface area contributed by atoms with E-state index in [9.17, 15) is 16.8 Å². The minimum Gasteiger partial charge on any atom is -0.458 e. The fraction of sp³-hybridized carbons (Fsp3) is 0.188. The first kappa shape index (κ1) is 32.6. The quantitative estimate of drug-likeness (QED) is 0.170. The monoisotopic (exact) mass is 664 g/mol. The summed E-state index contributed by atoms with van der Waals surface area (Å²) in [5.74, 6) is 0.947. The van der Waals surface area contributed by atoms with E-state index in [1.165, 1.54) is 36.7 Å². The molecule has 4 aromatic rings. The zero-order chi connectivity index (χ0) is 32.6. The molecule has 4 aromatic carbocycles. The number of nitrogens with one attached hydrogen (secondary N) is 2. The maximum absolute atomic E-state index is 12.4. The summed E-state index contributed by atoms with van der Waals surface area (Å²) in [5.41, 5.74) is 3.18. The van der Waals surface area contributed by atoms with Crippen molar-refractivity contribution < 1.29 is 35.8 Å². The highest BCUT2D eigenvalue weighted by atomic mass is 32.2. The second-order valence-electron chi connectivity index (χ2n) is 10.2. The van der Waals surface area contributed by atoms with Crippen LogP contribution in [-0.2, 0) is 29.5 Å². The maximum atomic E-state index is 12.4. The zero-order valence-corrected chi connectivity index (χ0v) is 26.6. The number of rotatable bonds is 12. The smallest absolute Gasteiger partial charge is 0.276 e. The Kier molecular flexibility index (Phi) is 10.3. The summed E-state index contributed by atoms with van der Waals surface area (Å²) in [6.07, 6.45) is 1.03. The third-order valence-electron chi connectivity index (χ3n) is 6.57. The van der Waals surface area contributed by atoms with Crippen molar-refractivity contribution in [3.05, 3.63) is 119 Å². The van der Waals surface area contributed by atoms with Gasteiger partial charge in [-0.25, -0.2) is 9.66 Å². The number of hydrogen-bond acceptors (Lipinski definition) is 10. The Morgan fingerprint density at radius 2 is 0.935 bits per heavy atom. The molecule has 0 bridgehead atoms. The van der Waals surface area contributed by atoms with Crippen LogP contribution in [0, 0.1) is 13.8 Å². The molecule has 0 spiro atoms. The van der Waals surface area contributed by atoms with Gasteiger partial charge in [-0.3, -0.25) is 0 Å². The minimum absolute atomic E-state index is 0.120. The van der Waals surface area contributed by atoms with E-state index in [2.05, 4.69) is 19.9 Å². The van der Waals surface area contributed by atoms with Gasteiger partial charge in [0.05, 0.1) is 35.4 Å². The van der Waals surface area contributed by atoms with Crippen molar-refractivity contribution in [2.45, 2.75) is 36.2 Å². The van der Waals surface area contributed by atoms with Crippen LogP contribution in [0.2, 0.25) is 0 Å². The lowest BCUT2D eigenvalue weighted by Gasteiger charge is -2.31. The number of ether oxygens (including phenoxy) is 4. The topological polar surface area (TPSA) is 154 Å². The van der Waals surface area contributed by atoms with Gasteiger partial charge in [-0.05, 0) is 97.8 Å². The van der Waals surface area contributed by atoms with Crippen LogP contribution in [0.4, 0.5) is 0 Å². The van der Waals surface area contributed by atoms with Crippen LogP contribution in [0.15, 0.2) is 117 Å². The van der Waals surface area contributed by atoms with Crippen LogP contribution in [0.25, 0.3) is 0 Å². The highest BCUT2D eigenvalue weighted by Gasteiger charge is 2.31. The van der Waals surface area contributed by atoms with Gasteiger partial charge >= 0.3 is 0 Å². The number of hydrogen-bond donors (Lipinski definition) is 2. The third-order valence-corrected chi connectivity index (χ3v) is 9.05. The molecule has 240 valence electrons. The Morgan fingerprint density at radius 3 is 1.28 bits per heavy atom. The van der Waals surface area contributed by atoms with Crippen LogP contribution in [0.5, 0.6) is 11.5 Å². The molecule has 2 atom stereocenters. The van der Waals surface area contributed by atoms with Crippen molar-refractivity contribution in [1.82, 2.24) is 9.66 Å². The summed E-state index contributed by atoms with van der Waals surface area (Å²) < 4.78 is 73.0. The van der Waals surface area contributed by atoms with Crippen molar-refractivity contribution in [2.75, 3.05) is 13.2 Å². The van der Waals surface area contributed by atoms with Gasteiger partial charge in [-0.15, -0.1) is 0 Å². The third kappa shape index (κ3) is 8.91. The number of nitrogens with zero attached hydrogens (tertiary/aromatic N) is 2. The van der Waals surface area contributed by atoms with Gasteiger partial charge in [0.2, 0.25) is 0 Å². The number of hydrazone groups is 2. The molecule has 0 saturated carbocycles. The molecule has 0 unspecified atom stereocenters. The van der Waals surface area contributed by atoms with Crippen molar-refractivity contribution in [3.8, 4) is 11.5 Å². The largest absolute Gasteiger partial charge is 0.458 e. The van der Waals surface area contributed by atoms with E-state index < -0.39 is 32.6 Å². The first-order valence-electron chi connectivity index (χ1n) is 14.1. The summed E-state index contributed by atoms with van der Waals surface area (Å²) in [4.78, 5) is 4.64. The summed E-state index contributed by atoms with van der Waals surface area (Å²) in [7, 11) is -7.56. The van der Waals surface area contributed by atoms with Gasteiger partial charge < -0.3 is 18.9 Å². The number of sulfonamides is 2. The van der Waals surface area contributed by atoms with Crippen LogP contribution >= 0.6 is 0 Å². The Bertz CT molecular complexity index is 1740. The van der Waals surface area contributed by atoms with Crippen LogP contribution < -0.4 is 19.1 Å². The van der Waals surface area contributed by atoms with Crippen LogP contribution in [0.3, 0.4) is 0 Å². The highest BCUT2D eigenvalue weighted by Crippen LogP contribution is 2.22. The Morgan fingerprint density at radius 1 is 0.587 bits per heavy atom. The molecule has 1 aliphatic heterocycles. The lowest BCUT2D eigenvalue weighted by Crippen LogP contribution is -2.45. The second-order valence-corrected chi connectivity index (χ2v) is 13.5. The molecule has 5 rings (SSSR count). The Hall–Kier alpha value is -4.76. The molecule has 1 heterocycles. The summed E-state index contributed by atoms with van der Waals surface area (Å²) in [6, 6.07) is 26.5. The SMILES string of the molecule is Cc1ccc(S(=O)(=O)N/N=C\c2ccc(O[C@H]3OCCO[C@H]3Oc3ccc(/C=N\NS(=O)(=O)c4ccc(C)cc4)cc3)cc2)cc1. The van der Waals surface area contributed by atoms with Gasteiger partial charge in [-0.1, -0.05) is 35.4 Å². The molecule has 0 radical (unpaired) electrons. The molecule has 14 heteroatoms. The molecule has 0 aromatic heterocycles. The van der Waals surface area contributed by atoms with Gasteiger partial charge in [0.15, 0.2) is 0 Å². The molecular weight excluding hydrogens is 633 g/mol. The fourth-order valence-electron chi connectivity index (χ4n) is 4.08. The maximum Gasteiger partial charge on any atom is 0.276 e. The van der Waals surface area contributed by atoms with E-state index >= 15 is 0 Å².